The topological polar surface area (TPSA) is 114 Å². The molecule has 17 heteroatoms. The number of amides is 3. The van der Waals surface area contributed by atoms with Gasteiger partial charge in [0.2, 0.25) is 0 Å². The van der Waals surface area contributed by atoms with Crippen molar-refractivity contribution in [1.29, 1.82) is 0 Å². The van der Waals surface area contributed by atoms with Gasteiger partial charge in [0.1, 0.15) is 17.4 Å². The fourth-order valence-electron chi connectivity index (χ4n) is 5.02. The molecule has 1 aromatic heterocycles. The van der Waals surface area contributed by atoms with Gasteiger partial charge >= 0.3 is 6.18 Å². The highest BCUT2D eigenvalue weighted by atomic mass is 127. The summed E-state index contributed by atoms with van der Waals surface area (Å²) in [6, 6.07) is 11.6. The number of hydrogen-bond donors (Lipinski definition) is 2. The molecule has 1 atom stereocenters. The van der Waals surface area contributed by atoms with Crippen LogP contribution in [0.15, 0.2) is 66.7 Å². The third kappa shape index (κ3) is 5.92. The first-order chi connectivity index (χ1) is 22.3. The van der Waals surface area contributed by atoms with Crippen molar-refractivity contribution in [3.63, 3.8) is 0 Å². The summed E-state index contributed by atoms with van der Waals surface area (Å²) >= 11 is 8.25. The van der Waals surface area contributed by atoms with Gasteiger partial charge in [-0.2, -0.15) is 13.2 Å². The van der Waals surface area contributed by atoms with Gasteiger partial charge < -0.3 is 15.2 Å². The Morgan fingerprint density at radius 3 is 2.30 bits per heavy atom. The van der Waals surface area contributed by atoms with Crippen LogP contribution in [0.1, 0.15) is 42.2 Å². The number of halogens is 7. The van der Waals surface area contributed by atoms with Gasteiger partial charge in [-0.25, -0.2) is 18.1 Å². The fourth-order valence-corrected chi connectivity index (χ4v) is 6.69. The summed E-state index contributed by atoms with van der Waals surface area (Å²) in [4.78, 5) is 41.3. The molecule has 240 valence electrons. The lowest BCUT2D eigenvalue weighted by atomic mass is 10.1. The van der Waals surface area contributed by atoms with Crippen LogP contribution < -0.4 is 15.0 Å². The Morgan fingerprint density at radius 2 is 1.68 bits per heavy atom. The van der Waals surface area contributed by atoms with E-state index >= 15 is 0 Å². The van der Waals surface area contributed by atoms with Gasteiger partial charge in [-0.15, -0.1) is 5.10 Å². The highest BCUT2D eigenvalue weighted by Gasteiger charge is 2.41. The molecule has 0 radical (unpaired) electrons. The molecule has 0 spiro atoms. The van der Waals surface area contributed by atoms with E-state index in [0.29, 0.717) is 12.1 Å². The zero-order chi connectivity index (χ0) is 33.8. The van der Waals surface area contributed by atoms with E-state index in [1.807, 2.05) is 22.0 Å². The van der Waals surface area contributed by atoms with Crippen molar-refractivity contribution >= 4 is 80.1 Å². The Kier molecular flexibility index (Phi) is 8.67. The lowest BCUT2D eigenvalue weighted by Gasteiger charge is -2.19. The average molecular weight is 801 g/mol. The zero-order valence-corrected chi connectivity index (χ0v) is 27.0. The first-order valence-corrected chi connectivity index (χ1v) is 17.6. The summed E-state index contributed by atoms with van der Waals surface area (Å²) in [6.07, 6.45) is -5.15. The normalized spacial score (nSPS) is 13.2. The number of hydrogen-bond acceptors (Lipinski definition) is 6. The minimum Gasteiger partial charge on any atom is -0.453 e. The maximum atomic E-state index is 14.3. The van der Waals surface area contributed by atoms with E-state index in [0.717, 1.165) is 17.0 Å². The number of ether oxygens (including phenoxy) is 1. The number of nitrogens with one attached hydrogen (secondary N) is 1. The van der Waals surface area contributed by atoms with Gasteiger partial charge in [0, 0.05) is 17.2 Å². The van der Waals surface area contributed by atoms with Crippen LogP contribution in [-0.2, 0) is 12.8 Å². The molecule has 9 nitrogen and oxygen atoms in total. The van der Waals surface area contributed by atoms with E-state index in [-0.39, 0.29) is 68.1 Å². The predicted octanol–water partition coefficient (Wildman–Crippen LogP) is 8.12. The highest BCUT2D eigenvalue weighted by molar-refractivity contribution is 14.2. The van der Waals surface area contributed by atoms with E-state index in [4.69, 9.17) is 16.3 Å². The van der Waals surface area contributed by atoms with Gasteiger partial charge in [0.25, 0.3) is 17.7 Å². The van der Waals surface area contributed by atoms with Crippen LogP contribution >= 0.6 is 40.0 Å². The van der Waals surface area contributed by atoms with Crippen LogP contribution in [-0.4, -0.2) is 32.4 Å². The fraction of sp³-hybridized carbons (Fsp3) is 0.0667. The number of aliphatic hydroxyl groups is 1. The molecule has 4 aromatic carbocycles. The third-order valence-corrected chi connectivity index (χ3v) is 9.23. The van der Waals surface area contributed by atoms with Gasteiger partial charge in [-0.05, 0) is 70.6 Å². The Morgan fingerprint density at radius 1 is 1.00 bits per heavy atom. The minimum absolute atomic E-state index is 0.0752. The molecule has 0 saturated heterocycles. The number of aliphatic hydroxyl groups excluding tert-OH is 1. The third-order valence-electron chi connectivity index (χ3n) is 7.06. The first-order valence-electron chi connectivity index (χ1n) is 13.2. The summed E-state index contributed by atoms with van der Waals surface area (Å²) in [7, 11) is 0. The van der Waals surface area contributed by atoms with Crippen LogP contribution in [0.5, 0.6) is 11.5 Å². The number of anilines is 2. The molecule has 3 amide bonds. The molecular formula is C30H16ClF5IN4O5P. The molecule has 0 aliphatic carbocycles. The number of imide groups is 1. The molecule has 2 N–H and O–H groups in total. The number of alkyl halides is 3. The number of carbonyl (C=O) groups is 3. The van der Waals surface area contributed by atoms with Crippen LogP contribution in [0.4, 0.5) is 33.5 Å². The van der Waals surface area contributed by atoms with Crippen molar-refractivity contribution in [2.75, 3.05) is 10.2 Å². The molecule has 1 aliphatic rings. The highest BCUT2D eigenvalue weighted by Crippen LogP contribution is 2.48. The number of benzene rings is 4. The first kappa shape index (κ1) is 32.7. The van der Waals surface area contributed by atoms with Crippen molar-refractivity contribution in [1.82, 2.24) is 9.55 Å². The second kappa shape index (κ2) is 12.4. The van der Waals surface area contributed by atoms with Gasteiger partial charge in [0.05, 0.1) is 51.3 Å². The number of carbonyl (C=O) groups excluding carboxylic acids is 3. The molecule has 1 unspecified atom stereocenters. The lowest BCUT2D eigenvalue weighted by molar-refractivity contribution is -0.137. The van der Waals surface area contributed by atoms with Gasteiger partial charge in [-0.3, -0.25) is 14.4 Å². The number of rotatable bonds is 7. The molecule has 0 bridgehead atoms. The standard InChI is InChI=1S/C30H16ClF5IN4O5P/c31-20-6-5-16(32)11-22(20)46-25-21(38-27(43)13-7-15(30(34,35)36)10-17(33)8-13)9-14(12-42)24-23(25)26(39-41(24)47-37)40-28(44)18-3-1-2-4-19(18)29(40)45/h1-11,42,47H,12H2,(H,38,43). The van der Waals surface area contributed by atoms with Crippen molar-refractivity contribution in [3.05, 3.63) is 111 Å². The van der Waals surface area contributed by atoms with Crippen LogP contribution in [0, 0.1) is 11.6 Å². The van der Waals surface area contributed by atoms with Crippen molar-refractivity contribution in [2.45, 2.75) is 12.8 Å². The Bertz CT molecular complexity index is 2110. The summed E-state index contributed by atoms with van der Waals surface area (Å²) in [5.74, 6) is -5.76. The van der Waals surface area contributed by atoms with E-state index < -0.39 is 53.3 Å². The van der Waals surface area contributed by atoms with Gasteiger partial charge in [0.15, 0.2) is 11.6 Å². The largest absolute Gasteiger partial charge is 0.453 e. The summed E-state index contributed by atoms with van der Waals surface area (Å²) < 4.78 is 76.2. The minimum atomic E-state index is -4.97. The number of nitrogens with zero attached hydrogens (tertiary/aromatic N) is 3. The molecule has 1 aliphatic heterocycles. The van der Waals surface area contributed by atoms with Crippen molar-refractivity contribution < 1.29 is 46.2 Å². The maximum Gasteiger partial charge on any atom is 0.416 e. The monoisotopic (exact) mass is 800 g/mol. The number of aromatic nitrogens is 2. The number of fused-ring (bicyclic) bond motifs is 2. The van der Waals surface area contributed by atoms with E-state index in [2.05, 4.69) is 10.4 Å². The van der Waals surface area contributed by atoms with Gasteiger partial charge in [-0.1, -0.05) is 23.7 Å². The SMILES string of the molecule is O=C(Nc1cc(CO)c2c(c(N3C(=O)c4ccccc4C3=O)nn2PI)c1Oc1cc(F)ccc1Cl)c1cc(F)cc(C(F)(F)F)c1. The van der Waals surface area contributed by atoms with E-state index in [9.17, 15) is 41.4 Å². The van der Waals surface area contributed by atoms with Crippen molar-refractivity contribution in [3.8, 4) is 11.5 Å². The molecular weight excluding hydrogens is 785 g/mol. The lowest BCUT2D eigenvalue weighted by Crippen LogP contribution is -2.30. The van der Waals surface area contributed by atoms with Crippen molar-refractivity contribution in [2.24, 2.45) is 0 Å². The van der Waals surface area contributed by atoms with Crippen LogP contribution in [0.2, 0.25) is 5.02 Å². The Labute approximate surface area is 280 Å². The van der Waals surface area contributed by atoms with E-state index in [1.165, 1.54) is 28.7 Å². The summed E-state index contributed by atoms with van der Waals surface area (Å²) in [6.45, 7) is -0.688. The summed E-state index contributed by atoms with van der Waals surface area (Å²) in [5, 5.41) is 17.0. The quantitative estimate of drug-likeness (QED) is 0.0745. The second-order valence-electron chi connectivity index (χ2n) is 9.96. The molecule has 0 saturated carbocycles. The van der Waals surface area contributed by atoms with Crippen LogP contribution in [0.3, 0.4) is 0 Å². The summed E-state index contributed by atoms with van der Waals surface area (Å²) in [5.41, 5.74) is -2.08. The maximum absolute atomic E-state index is 14.3. The molecule has 0 fully saturated rings. The molecule has 6 rings (SSSR count). The Balaban J connectivity index is 1.61. The average Bonchev–Trinajstić information content (AvgIpc) is 3.53. The van der Waals surface area contributed by atoms with Crippen LogP contribution in [0.25, 0.3) is 10.9 Å². The zero-order valence-electron chi connectivity index (χ0n) is 23.1. The molecule has 47 heavy (non-hydrogen) atoms. The Hall–Kier alpha value is -4.18. The van der Waals surface area contributed by atoms with E-state index in [1.54, 1.807) is 12.1 Å². The predicted molar refractivity (Wildman–Crippen MR) is 172 cm³/mol. The molecule has 5 aromatic rings. The second-order valence-corrected chi connectivity index (χ2v) is 12.4. The molecule has 2 heterocycles. The smallest absolute Gasteiger partial charge is 0.416 e.